The van der Waals surface area contributed by atoms with Crippen LogP contribution < -0.4 is 10.1 Å². The molecule has 0 unspecified atom stereocenters. The van der Waals surface area contributed by atoms with Crippen LogP contribution in [0.1, 0.15) is 29.8 Å². The van der Waals surface area contributed by atoms with Gasteiger partial charge in [0.1, 0.15) is 11.6 Å². The first kappa shape index (κ1) is 18.4. The molecule has 2 aromatic carbocycles. The number of anilines is 1. The number of nitrogens with one attached hydrogen (secondary N) is 1. The summed E-state index contributed by atoms with van der Waals surface area (Å²) in [6.45, 7) is 3.46. The number of methoxy groups -OCH3 is 1. The Morgan fingerprint density at radius 2 is 1.88 bits per heavy atom. The molecule has 0 saturated heterocycles. The Bertz CT molecular complexity index is 802. The molecule has 0 atom stereocenters. The minimum Gasteiger partial charge on any atom is -0.496 e. The zero-order valence-electron chi connectivity index (χ0n) is 14.3. The van der Waals surface area contributed by atoms with E-state index in [1.54, 1.807) is 27.0 Å². The molecule has 2 aromatic rings. The van der Waals surface area contributed by atoms with E-state index in [1.165, 1.54) is 0 Å². The highest BCUT2D eigenvalue weighted by molar-refractivity contribution is 5.97. The molecule has 0 bridgehead atoms. The monoisotopic (exact) mass is 345 g/mol. The van der Waals surface area contributed by atoms with Crippen LogP contribution in [0.2, 0.25) is 0 Å². The molecule has 0 aliphatic rings. The van der Waals surface area contributed by atoms with Crippen LogP contribution >= 0.6 is 0 Å². The van der Waals surface area contributed by atoms with E-state index >= 15 is 0 Å². The van der Waals surface area contributed by atoms with E-state index in [2.05, 4.69) is 5.32 Å². The first-order valence-electron chi connectivity index (χ1n) is 7.71. The Kier molecular flexibility index (Phi) is 5.41. The lowest BCUT2D eigenvalue weighted by Gasteiger charge is -2.25. The number of carboxylic acids is 1. The lowest BCUT2D eigenvalue weighted by Crippen LogP contribution is -2.33. The first-order chi connectivity index (χ1) is 11.7. The summed E-state index contributed by atoms with van der Waals surface area (Å²) >= 11 is 0. The summed E-state index contributed by atoms with van der Waals surface area (Å²) in [5.74, 6) is -1.63. The number of carboxylic acid groups (broad SMARTS) is 1. The minimum atomic E-state index is -1.19. The van der Waals surface area contributed by atoms with Gasteiger partial charge >= 0.3 is 5.97 Å². The molecule has 0 radical (unpaired) electrons. The van der Waals surface area contributed by atoms with E-state index < -0.39 is 23.1 Å². The lowest BCUT2D eigenvalue weighted by atomic mass is 9.84. The number of carbonyl (C=O) groups is 2. The number of para-hydroxylation sites is 1. The highest BCUT2D eigenvalue weighted by Crippen LogP contribution is 2.29. The second-order valence-electron chi connectivity index (χ2n) is 6.33. The fourth-order valence-corrected chi connectivity index (χ4v) is 2.45. The van der Waals surface area contributed by atoms with Crippen LogP contribution in [0.25, 0.3) is 0 Å². The maximum Gasteiger partial charge on any atom is 0.335 e. The third-order valence-electron chi connectivity index (χ3n) is 3.90. The van der Waals surface area contributed by atoms with Gasteiger partial charge in [-0.15, -0.1) is 0 Å². The van der Waals surface area contributed by atoms with Gasteiger partial charge in [0, 0.05) is 5.41 Å². The molecule has 2 N–H and O–H groups in total. The van der Waals surface area contributed by atoms with Crippen molar-refractivity contribution < 1.29 is 23.8 Å². The van der Waals surface area contributed by atoms with Crippen molar-refractivity contribution in [2.45, 2.75) is 20.3 Å². The van der Waals surface area contributed by atoms with Gasteiger partial charge in [0.25, 0.3) is 0 Å². The summed E-state index contributed by atoms with van der Waals surface area (Å²) in [6, 6.07) is 10.6. The molecule has 0 aliphatic carbocycles. The molecular weight excluding hydrogens is 325 g/mol. The molecular formula is C19H20FNO4. The second kappa shape index (κ2) is 7.34. The zero-order chi connectivity index (χ0) is 18.6. The molecule has 25 heavy (non-hydrogen) atoms. The van der Waals surface area contributed by atoms with Gasteiger partial charge in [-0.25, -0.2) is 9.18 Å². The summed E-state index contributed by atoms with van der Waals surface area (Å²) in [6.07, 6.45) is 0.378. The highest BCUT2D eigenvalue weighted by Gasteiger charge is 2.30. The molecule has 2 rings (SSSR count). The van der Waals surface area contributed by atoms with E-state index in [4.69, 9.17) is 9.84 Å². The normalized spacial score (nSPS) is 11.0. The van der Waals surface area contributed by atoms with Crippen molar-refractivity contribution in [2.24, 2.45) is 5.41 Å². The Balaban J connectivity index is 2.21. The molecule has 0 heterocycles. The van der Waals surface area contributed by atoms with Gasteiger partial charge in [-0.3, -0.25) is 4.79 Å². The Labute approximate surface area is 145 Å². The summed E-state index contributed by atoms with van der Waals surface area (Å²) in [5.41, 5.74) is -0.262. The van der Waals surface area contributed by atoms with Crippen LogP contribution in [0.5, 0.6) is 5.75 Å². The third kappa shape index (κ3) is 4.35. The predicted molar refractivity (Wildman–Crippen MR) is 92.5 cm³/mol. The van der Waals surface area contributed by atoms with Gasteiger partial charge in [-0.1, -0.05) is 32.0 Å². The molecule has 0 spiro atoms. The predicted octanol–water partition coefficient (Wildman–Crippen LogP) is 3.74. The molecule has 5 nitrogen and oxygen atoms in total. The van der Waals surface area contributed by atoms with Gasteiger partial charge < -0.3 is 15.2 Å². The van der Waals surface area contributed by atoms with Crippen molar-refractivity contribution in [3.8, 4) is 5.75 Å². The molecule has 1 amide bonds. The van der Waals surface area contributed by atoms with Crippen molar-refractivity contribution in [1.82, 2.24) is 0 Å². The maximum atomic E-state index is 13.9. The van der Waals surface area contributed by atoms with E-state index in [1.807, 2.05) is 18.2 Å². The highest BCUT2D eigenvalue weighted by atomic mass is 19.1. The van der Waals surface area contributed by atoms with Gasteiger partial charge in [-0.05, 0) is 36.2 Å². The largest absolute Gasteiger partial charge is 0.496 e. The van der Waals surface area contributed by atoms with E-state index in [0.29, 0.717) is 12.2 Å². The molecule has 132 valence electrons. The SMILES string of the molecule is COc1ccccc1CC(C)(C)C(=O)Nc1cc(C(=O)O)ccc1F. The number of benzene rings is 2. The maximum absolute atomic E-state index is 13.9. The molecule has 0 fully saturated rings. The van der Waals surface area contributed by atoms with Crippen molar-refractivity contribution in [2.75, 3.05) is 12.4 Å². The van der Waals surface area contributed by atoms with Gasteiger partial charge in [0.15, 0.2) is 0 Å². The molecule has 0 saturated carbocycles. The topological polar surface area (TPSA) is 75.6 Å². The van der Waals surface area contributed by atoms with Crippen LogP contribution in [-0.2, 0) is 11.2 Å². The minimum absolute atomic E-state index is 0.0979. The Hall–Kier alpha value is -2.89. The van der Waals surface area contributed by atoms with E-state index in [9.17, 15) is 14.0 Å². The fourth-order valence-electron chi connectivity index (χ4n) is 2.45. The summed E-state index contributed by atoms with van der Waals surface area (Å²) < 4.78 is 19.2. The molecule has 0 aliphatic heterocycles. The second-order valence-corrected chi connectivity index (χ2v) is 6.33. The van der Waals surface area contributed by atoms with E-state index in [-0.39, 0.29) is 11.3 Å². The van der Waals surface area contributed by atoms with Crippen LogP contribution in [0, 0.1) is 11.2 Å². The number of ether oxygens (including phenoxy) is 1. The van der Waals surface area contributed by atoms with Crippen LogP contribution in [0.15, 0.2) is 42.5 Å². The van der Waals surface area contributed by atoms with Crippen LogP contribution in [0.4, 0.5) is 10.1 Å². The molecule has 6 heteroatoms. The number of aromatic carboxylic acids is 1. The van der Waals surface area contributed by atoms with Crippen molar-refractivity contribution >= 4 is 17.6 Å². The fraction of sp³-hybridized carbons (Fsp3) is 0.263. The Morgan fingerprint density at radius 1 is 1.20 bits per heavy atom. The lowest BCUT2D eigenvalue weighted by molar-refractivity contribution is -0.123. The van der Waals surface area contributed by atoms with Crippen LogP contribution in [0.3, 0.4) is 0 Å². The van der Waals surface area contributed by atoms with E-state index in [0.717, 1.165) is 23.8 Å². The van der Waals surface area contributed by atoms with Gasteiger partial charge in [0.05, 0.1) is 18.4 Å². The van der Waals surface area contributed by atoms with Crippen molar-refractivity contribution in [3.05, 3.63) is 59.4 Å². The average Bonchev–Trinajstić information content (AvgIpc) is 2.56. The smallest absolute Gasteiger partial charge is 0.335 e. The summed E-state index contributed by atoms with van der Waals surface area (Å²) in [7, 11) is 1.55. The van der Waals surface area contributed by atoms with Gasteiger partial charge in [0.2, 0.25) is 5.91 Å². The standard InChI is InChI=1S/C19H20FNO4/c1-19(2,11-13-6-4-5-7-16(13)25-3)18(24)21-15-10-12(17(22)23)8-9-14(15)20/h4-10H,11H2,1-3H3,(H,21,24)(H,22,23). The number of carbonyl (C=O) groups excluding carboxylic acids is 1. The number of amides is 1. The number of hydrogen-bond acceptors (Lipinski definition) is 3. The first-order valence-corrected chi connectivity index (χ1v) is 7.71. The Morgan fingerprint density at radius 3 is 2.52 bits per heavy atom. The average molecular weight is 345 g/mol. The number of halogens is 1. The zero-order valence-corrected chi connectivity index (χ0v) is 14.3. The quantitative estimate of drug-likeness (QED) is 0.836. The van der Waals surface area contributed by atoms with Crippen molar-refractivity contribution in [3.63, 3.8) is 0 Å². The third-order valence-corrected chi connectivity index (χ3v) is 3.90. The van der Waals surface area contributed by atoms with Crippen LogP contribution in [-0.4, -0.2) is 24.1 Å². The van der Waals surface area contributed by atoms with Gasteiger partial charge in [-0.2, -0.15) is 0 Å². The number of hydrogen-bond donors (Lipinski definition) is 2. The molecule has 0 aromatic heterocycles. The summed E-state index contributed by atoms with van der Waals surface area (Å²) in [5, 5.41) is 11.5. The van der Waals surface area contributed by atoms with Crippen molar-refractivity contribution in [1.29, 1.82) is 0 Å². The summed E-state index contributed by atoms with van der Waals surface area (Å²) in [4.78, 5) is 23.6. The number of rotatable bonds is 6.